The zero-order valence-corrected chi connectivity index (χ0v) is 11.3. The quantitative estimate of drug-likeness (QED) is 0.839. The number of hydrogen-bond donors (Lipinski definition) is 2. The topological polar surface area (TPSA) is 49.7 Å². The summed E-state index contributed by atoms with van der Waals surface area (Å²) in [6.45, 7) is 2.28. The van der Waals surface area contributed by atoms with Gasteiger partial charge in [0.15, 0.2) is 0 Å². The Morgan fingerprint density at radius 3 is 2.63 bits per heavy atom. The Labute approximate surface area is 117 Å². The second kappa shape index (κ2) is 6.11. The fourth-order valence-electron chi connectivity index (χ4n) is 1.73. The Balaban J connectivity index is 2.08. The Bertz CT molecular complexity index is 572. The summed E-state index contributed by atoms with van der Waals surface area (Å²) in [5.74, 6) is 0.613. The smallest absolute Gasteiger partial charge is 0.487 e. The van der Waals surface area contributed by atoms with Gasteiger partial charge in [0, 0.05) is 0 Å². The highest BCUT2D eigenvalue weighted by molar-refractivity contribution is 6.58. The van der Waals surface area contributed by atoms with E-state index in [1.807, 2.05) is 31.2 Å². The fraction of sp³-hybridized carbons (Fsp3) is 0.143. The Morgan fingerprint density at radius 1 is 1.16 bits per heavy atom. The summed E-state index contributed by atoms with van der Waals surface area (Å²) in [6.07, 6.45) is 0. The van der Waals surface area contributed by atoms with Crippen molar-refractivity contribution in [3.63, 3.8) is 0 Å². The molecule has 2 N–H and O–H groups in total. The predicted molar refractivity (Wildman–Crippen MR) is 76.8 cm³/mol. The molecule has 0 saturated heterocycles. The molecule has 0 unspecified atom stereocenters. The van der Waals surface area contributed by atoms with Crippen LogP contribution >= 0.6 is 11.6 Å². The molecule has 98 valence electrons. The van der Waals surface area contributed by atoms with E-state index in [0.29, 0.717) is 22.8 Å². The van der Waals surface area contributed by atoms with Crippen molar-refractivity contribution >= 4 is 24.2 Å². The van der Waals surface area contributed by atoms with Gasteiger partial charge in [-0.05, 0) is 35.6 Å². The first-order valence-electron chi connectivity index (χ1n) is 5.90. The van der Waals surface area contributed by atoms with Crippen LogP contribution in [0.1, 0.15) is 11.1 Å². The lowest BCUT2D eigenvalue weighted by atomic mass is 9.80. The molecule has 0 aliphatic rings. The summed E-state index contributed by atoms with van der Waals surface area (Å²) in [5.41, 5.74) is 2.36. The van der Waals surface area contributed by atoms with Gasteiger partial charge in [-0.15, -0.1) is 0 Å². The first kappa shape index (κ1) is 13.9. The van der Waals surface area contributed by atoms with Crippen LogP contribution in [-0.4, -0.2) is 17.2 Å². The van der Waals surface area contributed by atoms with E-state index in [4.69, 9.17) is 26.4 Å². The average molecular weight is 277 g/mol. The lowest BCUT2D eigenvalue weighted by Crippen LogP contribution is -2.29. The molecule has 5 heteroatoms. The van der Waals surface area contributed by atoms with Gasteiger partial charge < -0.3 is 14.8 Å². The Kier molecular flexibility index (Phi) is 4.48. The molecule has 19 heavy (non-hydrogen) atoms. The largest absolute Gasteiger partial charge is 0.488 e. The molecular formula is C14H14BClO3. The SMILES string of the molecule is Cc1ccc(OCc2cccc(B(O)O)c2)c(Cl)c1. The third-order valence-corrected chi connectivity index (χ3v) is 3.03. The summed E-state index contributed by atoms with van der Waals surface area (Å²) in [5, 5.41) is 18.8. The fourth-order valence-corrected chi connectivity index (χ4v) is 2.02. The van der Waals surface area contributed by atoms with Crippen LogP contribution in [0.4, 0.5) is 0 Å². The van der Waals surface area contributed by atoms with Crippen molar-refractivity contribution in [1.82, 2.24) is 0 Å². The van der Waals surface area contributed by atoms with Gasteiger partial charge in [0.25, 0.3) is 0 Å². The van der Waals surface area contributed by atoms with Crippen molar-refractivity contribution in [2.75, 3.05) is 0 Å². The van der Waals surface area contributed by atoms with Gasteiger partial charge in [-0.3, -0.25) is 0 Å². The highest BCUT2D eigenvalue weighted by Crippen LogP contribution is 2.25. The normalized spacial score (nSPS) is 10.3. The van der Waals surface area contributed by atoms with Crippen LogP contribution in [0.3, 0.4) is 0 Å². The van der Waals surface area contributed by atoms with Crippen LogP contribution in [-0.2, 0) is 6.61 Å². The van der Waals surface area contributed by atoms with Crippen LogP contribution < -0.4 is 10.2 Å². The van der Waals surface area contributed by atoms with E-state index < -0.39 is 7.12 Å². The molecule has 0 aliphatic carbocycles. The van der Waals surface area contributed by atoms with Gasteiger partial charge in [0.2, 0.25) is 0 Å². The molecule has 0 fully saturated rings. The van der Waals surface area contributed by atoms with Crippen molar-refractivity contribution in [2.45, 2.75) is 13.5 Å². The molecule has 0 aliphatic heterocycles. The van der Waals surface area contributed by atoms with Gasteiger partial charge >= 0.3 is 7.12 Å². The predicted octanol–water partition coefficient (Wildman–Crippen LogP) is 1.91. The summed E-state index contributed by atoms with van der Waals surface area (Å²) >= 11 is 6.07. The van der Waals surface area contributed by atoms with E-state index in [-0.39, 0.29) is 0 Å². The van der Waals surface area contributed by atoms with Crippen LogP contribution in [0.5, 0.6) is 5.75 Å². The van der Waals surface area contributed by atoms with Crippen LogP contribution in [0.25, 0.3) is 0 Å². The highest BCUT2D eigenvalue weighted by atomic mass is 35.5. The molecule has 2 aromatic rings. The number of halogens is 1. The maximum Gasteiger partial charge on any atom is 0.488 e. The number of aryl methyl sites for hydroxylation is 1. The van der Waals surface area contributed by atoms with Crippen molar-refractivity contribution in [1.29, 1.82) is 0 Å². The summed E-state index contributed by atoms with van der Waals surface area (Å²) in [6, 6.07) is 12.5. The van der Waals surface area contributed by atoms with E-state index in [9.17, 15) is 0 Å². The van der Waals surface area contributed by atoms with Crippen LogP contribution in [0.2, 0.25) is 5.02 Å². The zero-order valence-electron chi connectivity index (χ0n) is 10.5. The van der Waals surface area contributed by atoms with E-state index in [1.165, 1.54) is 0 Å². The monoisotopic (exact) mass is 276 g/mol. The number of ether oxygens (including phenoxy) is 1. The molecule has 0 heterocycles. The van der Waals surface area contributed by atoms with Gasteiger partial charge in [-0.1, -0.05) is 41.9 Å². The molecule has 0 spiro atoms. The average Bonchev–Trinajstić information content (AvgIpc) is 2.38. The lowest BCUT2D eigenvalue weighted by molar-refractivity contribution is 0.306. The van der Waals surface area contributed by atoms with E-state index in [2.05, 4.69) is 0 Å². The van der Waals surface area contributed by atoms with Gasteiger partial charge in [0.1, 0.15) is 12.4 Å². The van der Waals surface area contributed by atoms with E-state index >= 15 is 0 Å². The van der Waals surface area contributed by atoms with Gasteiger partial charge in [-0.25, -0.2) is 0 Å². The second-order valence-electron chi connectivity index (χ2n) is 4.34. The molecule has 0 atom stereocenters. The minimum absolute atomic E-state index is 0.323. The summed E-state index contributed by atoms with van der Waals surface area (Å²) in [7, 11) is -1.47. The second-order valence-corrected chi connectivity index (χ2v) is 4.75. The number of benzene rings is 2. The van der Waals surface area contributed by atoms with Crippen LogP contribution in [0, 0.1) is 6.92 Å². The Hall–Kier alpha value is -1.49. The molecule has 0 aromatic heterocycles. The van der Waals surface area contributed by atoms with Crippen molar-refractivity contribution in [3.05, 3.63) is 58.6 Å². The third-order valence-electron chi connectivity index (χ3n) is 2.73. The minimum atomic E-state index is -1.47. The third kappa shape index (κ3) is 3.74. The summed E-state index contributed by atoms with van der Waals surface area (Å²) < 4.78 is 5.62. The maximum absolute atomic E-state index is 9.10. The molecule has 0 radical (unpaired) electrons. The Morgan fingerprint density at radius 2 is 1.95 bits per heavy atom. The minimum Gasteiger partial charge on any atom is -0.487 e. The van der Waals surface area contributed by atoms with Crippen molar-refractivity contribution in [2.24, 2.45) is 0 Å². The van der Waals surface area contributed by atoms with Gasteiger partial charge in [0.05, 0.1) is 5.02 Å². The number of rotatable bonds is 4. The standard InChI is InChI=1S/C14H14BClO3/c1-10-5-6-14(13(16)7-10)19-9-11-3-2-4-12(8-11)15(17)18/h2-8,17-18H,9H2,1H3. The molecule has 0 amide bonds. The molecular weight excluding hydrogens is 262 g/mol. The zero-order chi connectivity index (χ0) is 13.8. The molecule has 2 rings (SSSR count). The highest BCUT2D eigenvalue weighted by Gasteiger charge is 2.11. The first-order valence-corrected chi connectivity index (χ1v) is 6.28. The molecule has 0 saturated carbocycles. The first-order chi connectivity index (χ1) is 9.06. The van der Waals surface area contributed by atoms with Crippen molar-refractivity contribution < 1.29 is 14.8 Å². The lowest BCUT2D eigenvalue weighted by Gasteiger charge is -2.09. The number of hydrogen-bond acceptors (Lipinski definition) is 3. The molecule has 0 bridgehead atoms. The van der Waals surface area contributed by atoms with Gasteiger partial charge in [-0.2, -0.15) is 0 Å². The van der Waals surface area contributed by atoms with E-state index in [1.54, 1.807) is 18.2 Å². The van der Waals surface area contributed by atoms with Crippen LogP contribution in [0.15, 0.2) is 42.5 Å². The maximum atomic E-state index is 9.10. The molecule has 2 aromatic carbocycles. The summed E-state index contributed by atoms with van der Waals surface area (Å²) in [4.78, 5) is 0. The molecule has 3 nitrogen and oxygen atoms in total. The van der Waals surface area contributed by atoms with Crippen molar-refractivity contribution in [3.8, 4) is 5.75 Å². The van der Waals surface area contributed by atoms with E-state index in [0.717, 1.165) is 11.1 Å².